The highest BCUT2D eigenvalue weighted by Gasteiger charge is 2.32. The average molecular weight is 205 g/mol. The summed E-state index contributed by atoms with van der Waals surface area (Å²) in [7, 11) is 0. The SMILES string of the molecule is CCCC1(C)NC(=O)c2cccnc2N1. The fourth-order valence-electron chi connectivity index (χ4n) is 1.92. The van der Waals surface area contributed by atoms with Gasteiger partial charge >= 0.3 is 0 Å². The number of rotatable bonds is 2. The first-order valence-corrected chi connectivity index (χ1v) is 5.20. The highest BCUT2D eigenvalue weighted by Crippen LogP contribution is 2.24. The Morgan fingerprint density at radius 3 is 3.00 bits per heavy atom. The second kappa shape index (κ2) is 3.53. The van der Waals surface area contributed by atoms with Crippen LogP contribution in [0.1, 0.15) is 37.0 Å². The normalized spacial score (nSPS) is 24.0. The third kappa shape index (κ3) is 1.79. The molecule has 1 aliphatic rings. The monoisotopic (exact) mass is 205 g/mol. The van der Waals surface area contributed by atoms with Gasteiger partial charge in [-0.15, -0.1) is 0 Å². The quantitative estimate of drug-likeness (QED) is 0.773. The van der Waals surface area contributed by atoms with E-state index < -0.39 is 0 Å². The molecule has 1 aliphatic heterocycles. The largest absolute Gasteiger partial charge is 0.347 e. The van der Waals surface area contributed by atoms with Crippen LogP contribution in [0.25, 0.3) is 0 Å². The van der Waals surface area contributed by atoms with Crippen molar-refractivity contribution in [1.29, 1.82) is 0 Å². The molecule has 2 rings (SSSR count). The van der Waals surface area contributed by atoms with Crippen LogP contribution >= 0.6 is 0 Å². The molecule has 4 heteroatoms. The van der Waals surface area contributed by atoms with E-state index in [4.69, 9.17) is 0 Å². The fourth-order valence-corrected chi connectivity index (χ4v) is 1.92. The van der Waals surface area contributed by atoms with E-state index in [9.17, 15) is 4.79 Å². The molecule has 15 heavy (non-hydrogen) atoms. The van der Waals surface area contributed by atoms with Gasteiger partial charge in [0, 0.05) is 6.20 Å². The Morgan fingerprint density at radius 2 is 2.27 bits per heavy atom. The Balaban J connectivity index is 2.34. The number of amides is 1. The number of hydrogen-bond donors (Lipinski definition) is 2. The van der Waals surface area contributed by atoms with Crippen molar-refractivity contribution in [2.24, 2.45) is 0 Å². The topological polar surface area (TPSA) is 54.0 Å². The molecule has 1 aromatic rings. The molecule has 1 amide bonds. The lowest BCUT2D eigenvalue weighted by Gasteiger charge is -2.36. The van der Waals surface area contributed by atoms with Crippen LogP contribution in [0.2, 0.25) is 0 Å². The maximum absolute atomic E-state index is 11.8. The van der Waals surface area contributed by atoms with Crippen molar-refractivity contribution >= 4 is 11.7 Å². The van der Waals surface area contributed by atoms with E-state index in [1.165, 1.54) is 0 Å². The van der Waals surface area contributed by atoms with Gasteiger partial charge in [-0.2, -0.15) is 0 Å². The maximum atomic E-state index is 11.8. The summed E-state index contributed by atoms with van der Waals surface area (Å²) in [6.45, 7) is 4.07. The summed E-state index contributed by atoms with van der Waals surface area (Å²) in [5, 5.41) is 6.22. The number of carbonyl (C=O) groups is 1. The van der Waals surface area contributed by atoms with Gasteiger partial charge in [-0.25, -0.2) is 4.98 Å². The molecule has 1 unspecified atom stereocenters. The van der Waals surface area contributed by atoms with Gasteiger partial charge in [0.25, 0.3) is 5.91 Å². The zero-order chi connectivity index (χ0) is 10.9. The first kappa shape index (κ1) is 9.96. The molecular weight excluding hydrogens is 190 g/mol. The van der Waals surface area contributed by atoms with E-state index in [1.54, 1.807) is 18.3 Å². The van der Waals surface area contributed by atoms with Crippen LogP contribution in [0, 0.1) is 0 Å². The van der Waals surface area contributed by atoms with E-state index >= 15 is 0 Å². The summed E-state index contributed by atoms with van der Waals surface area (Å²) in [5.74, 6) is 0.630. The summed E-state index contributed by atoms with van der Waals surface area (Å²) in [4.78, 5) is 16.0. The maximum Gasteiger partial charge on any atom is 0.256 e. The Morgan fingerprint density at radius 1 is 1.47 bits per heavy atom. The molecule has 2 heterocycles. The smallest absolute Gasteiger partial charge is 0.256 e. The molecular formula is C11H15N3O. The van der Waals surface area contributed by atoms with E-state index in [-0.39, 0.29) is 11.6 Å². The van der Waals surface area contributed by atoms with Crippen molar-refractivity contribution < 1.29 is 4.79 Å². The number of aromatic nitrogens is 1. The van der Waals surface area contributed by atoms with Gasteiger partial charge in [-0.3, -0.25) is 4.79 Å². The summed E-state index contributed by atoms with van der Waals surface area (Å²) in [6, 6.07) is 3.54. The second-order valence-electron chi connectivity index (χ2n) is 4.06. The van der Waals surface area contributed by atoms with Crippen molar-refractivity contribution in [2.75, 3.05) is 5.32 Å². The molecule has 0 aliphatic carbocycles. The van der Waals surface area contributed by atoms with Crippen molar-refractivity contribution in [1.82, 2.24) is 10.3 Å². The van der Waals surface area contributed by atoms with Crippen molar-refractivity contribution in [3.05, 3.63) is 23.9 Å². The van der Waals surface area contributed by atoms with Gasteiger partial charge in [-0.1, -0.05) is 13.3 Å². The second-order valence-corrected chi connectivity index (χ2v) is 4.06. The molecule has 2 N–H and O–H groups in total. The van der Waals surface area contributed by atoms with Crippen LogP contribution in [-0.2, 0) is 0 Å². The average Bonchev–Trinajstić information content (AvgIpc) is 2.17. The lowest BCUT2D eigenvalue weighted by molar-refractivity contribution is 0.0902. The minimum Gasteiger partial charge on any atom is -0.347 e. The summed E-state index contributed by atoms with van der Waals surface area (Å²) in [5.41, 5.74) is 0.249. The number of pyridine rings is 1. The number of nitrogens with one attached hydrogen (secondary N) is 2. The summed E-state index contributed by atoms with van der Waals surface area (Å²) in [6.07, 6.45) is 3.58. The van der Waals surface area contributed by atoms with Crippen LogP contribution in [-0.4, -0.2) is 16.6 Å². The Kier molecular flexibility index (Phi) is 2.34. The molecule has 0 saturated carbocycles. The molecule has 0 radical (unpaired) electrons. The summed E-state index contributed by atoms with van der Waals surface area (Å²) >= 11 is 0. The van der Waals surface area contributed by atoms with E-state index in [0.29, 0.717) is 11.4 Å². The lowest BCUT2D eigenvalue weighted by Crippen LogP contribution is -2.55. The minimum atomic E-state index is -0.368. The third-order valence-electron chi connectivity index (χ3n) is 2.59. The Labute approximate surface area is 89.1 Å². The standard InChI is InChI=1S/C11H15N3O/c1-3-6-11(2)13-9-8(10(15)14-11)5-4-7-12-9/h4-5,7H,3,6H2,1-2H3,(H,12,13)(H,14,15). The zero-order valence-electron chi connectivity index (χ0n) is 9.00. The van der Waals surface area contributed by atoms with Crippen LogP contribution in [0.15, 0.2) is 18.3 Å². The highest BCUT2D eigenvalue weighted by molar-refractivity contribution is 6.01. The van der Waals surface area contributed by atoms with Crippen molar-refractivity contribution in [3.63, 3.8) is 0 Å². The van der Waals surface area contributed by atoms with Gasteiger partial charge in [0.05, 0.1) is 5.56 Å². The van der Waals surface area contributed by atoms with Crippen molar-refractivity contribution in [3.8, 4) is 0 Å². The number of fused-ring (bicyclic) bond motifs is 1. The zero-order valence-corrected chi connectivity index (χ0v) is 9.00. The predicted octanol–water partition coefficient (Wildman–Crippen LogP) is 1.75. The third-order valence-corrected chi connectivity index (χ3v) is 2.59. The molecule has 0 fully saturated rings. The van der Waals surface area contributed by atoms with Gasteiger partial charge < -0.3 is 10.6 Å². The fraction of sp³-hybridized carbons (Fsp3) is 0.455. The van der Waals surface area contributed by atoms with Crippen LogP contribution < -0.4 is 10.6 Å². The van der Waals surface area contributed by atoms with Gasteiger partial charge in [0.1, 0.15) is 11.5 Å². The number of hydrogen-bond acceptors (Lipinski definition) is 3. The van der Waals surface area contributed by atoms with Gasteiger partial charge in [-0.05, 0) is 25.5 Å². The molecule has 0 aromatic carbocycles. The minimum absolute atomic E-state index is 0.0483. The molecule has 80 valence electrons. The molecule has 0 bridgehead atoms. The lowest BCUT2D eigenvalue weighted by atomic mass is 10.0. The van der Waals surface area contributed by atoms with Gasteiger partial charge in [0.2, 0.25) is 0 Å². The van der Waals surface area contributed by atoms with Crippen LogP contribution in [0.3, 0.4) is 0 Å². The van der Waals surface area contributed by atoms with Crippen LogP contribution in [0.4, 0.5) is 5.82 Å². The molecule has 1 aromatic heterocycles. The Hall–Kier alpha value is -1.58. The number of nitrogens with zero attached hydrogens (tertiary/aromatic N) is 1. The number of anilines is 1. The van der Waals surface area contributed by atoms with Gasteiger partial charge in [0.15, 0.2) is 0 Å². The molecule has 0 spiro atoms. The molecule has 4 nitrogen and oxygen atoms in total. The predicted molar refractivity (Wildman–Crippen MR) is 58.6 cm³/mol. The molecule has 0 saturated heterocycles. The first-order chi connectivity index (χ1) is 7.14. The van der Waals surface area contributed by atoms with E-state index in [1.807, 2.05) is 6.92 Å². The first-order valence-electron chi connectivity index (χ1n) is 5.20. The summed E-state index contributed by atoms with van der Waals surface area (Å²) < 4.78 is 0. The van der Waals surface area contributed by atoms with Crippen molar-refractivity contribution in [2.45, 2.75) is 32.4 Å². The Bertz CT molecular complexity index is 391. The number of carbonyl (C=O) groups excluding carboxylic acids is 1. The molecule has 1 atom stereocenters. The van der Waals surface area contributed by atoms with E-state index in [2.05, 4.69) is 22.5 Å². The van der Waals surface area contributed by atoms with Crippen LogP contribution in [0.5, 0.6) is 0 Å². The van der Waals surface area contributed by atoms with E-state index in [0.717, 1.165) is 12.8 Å². The highest BCUT2D eigenvalue weighted by atomic mass is 16.2.